The van der Waals surface area contributed by atoms with Gasteiger partial charge >= 0.3 is 0 Å². The Kier molecular flexibility index (Phi) is 7.49. The molecule has 142 valence electrons. The summed E-state index contributed by atoms with van der Waals surface area (Å²) in [5.41, 5.74) is -0.820. The Morgan fingerprint density at radius 2 is 2.00 bits per heavy atom. The lowest BCUT2D eigenvalue weighted by Gasteiger charge is -2.39. The summed E-state index contributed by atoms with van der Waals surface area (Å²) in [6.07, 6.45) is 4.89. The van der Waals surface area contributed by atoms with Crippen molar-refractivity contribution in [2.75, 3.05) is 25.9 Å². The van der Waals surface area contributed by atoms with Gasteiger partial charge in [0.15, 0.2) is 5.96 Å². The zero-order valence-corrected chi connectivity index (χ0v) is 16.5. The quantitative estimate of drug-likeness (QED) is 0.396. The van der Waals surface area contributed by atoms with Crippen LogP contribution in [0.5, 0.6) is 0 Å². The molecule has 1 aliphatic rings. The Bertz CT molecular complexity index is 533. The molecule has 1 fully saturated rings. The van der Waals surface area contributed by atoms with Crippen molar-refractivity contribution in [3.8, 4) is 0 Å². The van der Waals surface area contributed by atoms with Crippen molar-refractivity contribution in [2.45, 2.75) is 65.0 Å². The van der Waals surface area contributed by atoms with E-state index in [0.29, 0.717) is 25.6 Å². The summed E-state index contributed by atoms with van der Waals surface area (Å²) >= 11 is 0. The van der Waals surface area contributed by atoms with Crippen molar-refractivity contribution in [1.82, 2.24) is 15.4 Å². The molecular weight excluding hydrogens is 328 g/mol. The van der Waals surface area contributed by atoms with Crippen LogP contribution in [0.25, 0.3) is 0 Å². The molecule has 0 radical (unpaired) electrons. The number of nitrogens with zero attached hydrogens (tertiary/aromatic N) is 1. The number of aliphatic hydroxyl groups excluding tert-OH is 1. The zero-order chi connectivity index (χ0) is 18.4. The largest absolute Gasteiger partial charge is 0.392 e. The van der Waals surface area contributed by atoms with E-state index in [-0.39, 0.29) is 11.5 Å². The highest BCUT2D eigenvalue weighted by Crippen LogP contribution is 2.35. The molecule has 24 heavy (non-hydrogen) atoms. The molecule has 2 atom stereocenters. The number of aliphatic hydroxyl groups is 1. The first-order chi connectivity index (χ1) is 11.0. The minimum atomic E-state index is -3.28. The Morgan fingerprint density at radius 1 is 1.33 bits per heavy atom. The first-order valence-corrected chi connectivity index (χ1v) is 10.6. The lowest BCUT2D eigenvalue weighted by Crippen LogP contribution is -2.50. The summed E-state index contributed by atoms with van der Waals surface area (Å²) in [7, 11) is -3.28. The molecule has 0 bridgehead atoms. The average molecular weight is 363 g/mol. The van der Waals surface area contributed by atoms with Gasteiger partial charge in [-0.1, -0.05) is 19.8 Å². The van der Waals surface area contributed by atoms with Gasteiger partial charge in [-0.05, 0) is 33.6 Å². The van der Waals surface area contributed by atoms with Crippen molar-refractivity contribution in [3.05, 3.63) is 0 Å². The van der Waals surface area contributed by atoms with Crippen molar-refractivity contribution in [1.29, 1.82) is 0 Å². The normalized spacial score (nSPS) is 26.2. The Balaban J connectivity index is 2.68. The van der Waals surface area contributed by atoms with Gasteiger partial charge in [-0.2, -0.15) is 0 Å². The number of nitrogens with one attached hydrogen (secondary N) is 3. The summed E-state index contributed by atoms with van der Waals surface area (Å²) in [6, 6.07) is 0. The van der Waals surface area contributed by atoms with Crippen LogP contribution in [-0.2, 0) is 10.0 Å². The minimum absolute atomic E-state index is 0.158. The van der Waals surface area contributed by atoms with Crippen LogP contribution in [0, 0.1) is 5.41 Å². The fourth-order valence-electron chi connectivity index (χ4n) is 3.03. The van der Waals surface area contributed by atoms with E-state index in [4.69, 9.17) is 0 Å². The summed E-state index contributed by atoms with van der Waals surface area (Å²) in [5, 5.41) is 16.7. The van der Waals surface area contributed by atoms with Gasteiger partial charge in [0.2, 0.25) is 10.0 Å². The second-order valence-corrected chi connectivity index (χ2v) is 9.47. The monoisotopic (exact) mass is 362 g/mol. The van der Waals surface area contributed by atoms with Crippen molar-refractivity contribution in [3.63, 3.8) is 0 Å². The van der Waals surface area contributed by atoms with Crippen LogP contribution in [-0.4, -0.2) is 57.0 Å². The Labute approximate surface area is 146 Å². The van der Waals surface area contributed by atoms with Gasteiger partial charge in [-0.15, -0.1) is 0 Å². The van der Waals surface area contributed by atoms with E-state index in [2.05, 4.69) is 27.3 Å². The molecule has 0 amide bonds. The number of aliphatic imine (C=N–C) groups is 1. The highest BCUT2D eigenvalue weighted by Gasteiger charge is 2.35. The molecule has 0 saturated heterocycles. The molecule has 1 rings (SSSR count). The molecular formula is C16H34N4O3S. The smallest absolute Gasteiger partial charge is 0.209 e. The molecule has 1 saturated carbocycles. The predicted molar refractivity (Wildman–Crippen MR) is 98.6 cm³/mol. The molecule has 0 aromatic rings. The van der Waals surface area contributed by atoms with Crippen LogP contribution < -0.4 is 15.4 Å². The standard InChI is InChI=1S/C16H34N4O3S/c1-6-17-14(18-11-15(2,3)20-24(5,22)23)19-12-16(4)10-8-7-9-13(16)21/h13,20-21H,6-12H2,1-5H3,(H2,17,18,19). The average Bonchev–Trinajstić information content (AvgIpc) is 2.43. The SMILES string of the molecule is CCNC(=NCC(C)(C)NS(C)(=O)=O)NCC1(C)CCCCC1O. The number of sulfonamides is 1. The highest BCUT2D eigenvalue weighted by molar-refractivity contribution is 7.88. The zero-order valence-electron chi connectivity index (χ0n) is 15.6. The maximum absolute atomic E-state index is 11.4. The van der Waals surface area contributed by atoms with Gasteiger partial charge in [-0.3, -0.25) is 4.99 Å². The summed E-state index contributed by atoms with van der Waals surface area (Å²) in [6.45, 7) is 9.34. The third-order valence-corrected chi connectivity index (χ3v) is 5.30. The number of hydrogen-bond acceptors (Lipinski definition) is 4. The predicted octanol–water partition coefficient (Wildman–Crippen LogP) is 0.811. The van der Waals surface area contributed by atoms with Crippen molar-refractivity contribution >= 4 is 16.0 Å². The van der Waals surface area contributed by atoms with E-state index in [9.17, 15) is 13.5 Å². The second-order valence-electron chi connectivity index (χ2n) is 7.72. The molecule has 0 aliphatic heterocycles. The van der Waals surface area contributed by atoms with E-state index in [1.165, 1.54) is 0 Å². The first kappa shape index (κ1) is 21.2. The van der Waals surface area contributed by atoms with Gasteiger partial charge in [0, 0.05) is 24.0 Å². The lowest BCUT2D eigenvalue weighted by molar-refractivity contribution is 0.00397. The maximum atomic E-state index is 11.4. The van der Waals surface area contributed by atoms with Gasteiger partial charge in [-0.25, -0.2) is 13.1 Å². The molecule has 0 heterocycles. The van der Waals surface area contributed by atoms with Gasteiger partial charge in [0.25, 0.3) is 0 Å². The summed E-state index contributed by atoms with van der Waals surface area (Å²) in [4.78, 5) is 4.50. The molecule has 7 nitrogen and oxygen atoms in total. The van der Waals surface area contributed by atoms with Gasteiger partial charge in [0.05, 0.1) is 18.9 Å². The fourth-order valence-corrected chi connectivity index (χ4v) is 4.09. The van der Waals surface area contributed by atoms with Crippen LogP contribution in [0.15, 0.2) is 4.99 Å². The number of guanidine groups is 1. The molecule has 1 aliphatic carbocycles. The number of rotatable bonds is 7. The van der Waals surface area contributed by atoms with E-state index in [0.717, 1.165) is 31.9 Å². The van der Waals surface area contributed by atoms with Crippen LogP contribution in [0.4, 0.5) is 0 Å². The van der Waals surface area contributed by atoms with Crippen molar-refractivity contribution in [2.24, 2.45) is 10.4 Å². The molecule has 8 heteroatoms. The Hall–Kier alpha value is -0.860. The van der Waals surface area contributed by atoms with E-state index < -0.39 is 15.6 Å². The Morgan fingerprint density at radius 3 is 2.54 bits per heavy atom. The van der Waals surface area contributed by atoms with Crippen LogP contribution in [0.1, 0.15) is 53.4 Å². The topological polar surface area (TPSA) is 103 Å². The maximum Gasteiger partial charge on any atom is 0.209 e. The summed E-state index contributed by atoms with van der Waals surface area (Å²) < 4.78 is 25.4. The molecule has 0 aromatic carbocycles. The fraction of sp³-hybridized carbons (Fsp3) is 0.938. The van der Waals surface area contributed by atoms with Gasteiger partial charge < -0.3 is 15.7 Å². The first-order valence-electron chi connectivity index (χ1n) is 8.67. The molecule has 4 N–H and O–H groups in total. The molecule has 2 unspecified atom stereocenters. The molecule has 0 spiro atoms. The van der Waals surface area contributed by atoms with Crippen LogP contribution in [0.3, 0.4) is 0 Å². The molecule has 0 aromatic heterocycles. The van der Waals surface area contributed by atoms with Crippen LogP contribution in [0.2, 0.25) is 0 Å². The van der Waals surface area contributed by atoms with Crippen LogP contribution >= 0.6 is 0 Å². The second kappa shape index (κ2) is 8.49. The third-order valence-electron chi connectivity index (χ3n) is 4.38. The third kappa shape index (κ3) is 7.36. The van der Waals surface area contributed by atoms with E-state index >= 15 is 0 Å². The minimum Gasteiger partial charge on any atom is -0.392 e. The lowest BCUT2D eigenvalue weighted by atomic mass is 9.73. The van der Waals surface area contributed by atoms with E-state index in [1.807, 2.05) is 6.92 Å². The summed E-state index contributed by atoms with van der Waals surface area (Å²) in [5.74, 6) is 0.639. The van der Waals surface area contributed by atoms with E-state index in [1.54, 1.807) is 13.8 Å². The van der Waals surface area contributed by atoms with Crippen molar-refractivity contribution < 1.29 is 13.5 Å². The highest BCUT2D eigenvalue weighted by atomic mass is 32.2. The number of hydrogen-bond donors (Lipinski definition) is 4. The van der Waals surface area contributed by atoms with Gasteiger partial charge in [0.1, 0.15) is 0 Å².